The molecule has 2 aromatic rings. The smallest absolute Gasteiger partial charge is 0.259 e. The van der Waals surface area contributed by atoms with Crippen LogP contribution in [0.3, 0.4) is 0 Å². The molecule has 1 heterocycles. The quantitative estimate of drug-likeness (QED) is 0.833. The van der Waals surface area contributed by atoms with Crippen molar-refractivity contribution >= 4 is 23.3 Å². The van der Waals surface area contributed by atoms with Crippen LogP contribution < -0.4 is 5.32 Å². The molecular weight excluding hydrogens is 276 g/mol. The van der Waals surface area contributed by atoms with Crippen LogP contribution in [0.1, 0.15) is 21.6 Å². The molecular formula is C12H10ClF2N3O. The molecule has 0 saturated carbocycles. The molecule has 0 aliphatic carbocycles. The molecule has 1 amide bonds. The van der Waals surface area contributed by atoms with Gasteiger partial charge in [-0.2, -0.15) is 5.10 Å². The Morgan fingerprint density at radius 1 is 1.32 bits per heavy atom. The topological polar surface area (TPSA) is 57.8 Å². The van der Waals surface area contributed by atoms with Gasteiger partial charge in [-0.15, -0.1) is 0 Å². The molecule has 2 rings (SSSR count). The predicted octanol–water partition coefficient (Wildman–Crippen LogP) is 3.21. The zero-order valence-electron chi connectivity index (χ0n) is 10.1. The van der Waals surface area contributed by atoms with Gasteiger partial charge in [0.2, 0.25) is 0 Å². The number of hydrogen-bond donors (Lipinski definition) is 2. The van der Waals surface area contributed by atoms with E-state index in [0.717, 1.165) is 23.4 Å². The molecule has 19 heavy (non-hydrogen) atoms. The van der Waals surface area contributed by atoms with Crippen molar-refractivity contribution in [2.45, 2.75) is 13.8 Å². The van der Waals surface area contributed by atoms with Crippen molar-refractivity contribution in [1.29, 1.82) is 0 Å². The molecule has 0 radical (unpaired) electrons. The first kappa shape index (κ1) is 13.5. The largest absolute Gasteiger partial charge is 0.305 e. The van der Waals surface area contributed by atoms with E-state index in [4.69, 9.17) is 11.6 Å². The van der Waals surface area contributed by atoms with E-state index in [1.807, 2.05) is 0 Å². The van der Waals surface area contributed by atoms with Crippen molar-refractivity contribution in [2.24, 2.45) is 0 Å². The van der Waals surface area contributed by atoms with Gasteiger partial charge in [0.25, 0.3) is 5.91 Å². The molecule has 7 heteroatoms. The number of aromatic nitrogens is 2. The summed E-state index contributed by atoms with van der Waals surface area (Å²) in [5.41, 5.74) is 1.07. The summed E-state index contributed by atoms with van der Waals surface area (Å²) in [6.45, 7) is 3.52. The first-order valence-corrected chi connectivity index (χ1v) is 5.75. The minimum absolute atomic E-state index is 0.275. The highest BCUT2D eigenvalue weighted by atomic mass is 35.5. The van der Waals surface area contributed by atoms with Gasteiger partial charge in [0.15, 0.2) is 5.82 Å². The Bertz CT molecular complexity index is 655. The maximum atomic E-state index is 13.5. The molecule has 0 aliphatic rings. The van der Waals surface area contributed by atoms with Crippen molar-refractivity contribution < 1.29 is 13.6 Å². The first-order valence-electron chi connectivity index (χ1n) is 5.37. The summed E-state index contributed by atoms with van der Waals surface area (Å²) in [5.74, 6) is -2.27. The van der Waals surface area contributed by atoms with Gasteiger partial charge in [0.1, 0.15) is 11.6 Å². The van der Waals surface area contributed by atoms with Gasteiger partial charge in [-0.1, -0.05) is 11.6 Å². The fourth-order valence-electron chi connectivity index (χ4n) is 1.48. The van der Waals surface area contributed by atoms with Crippen LogP contribution in [0.25, 0.3) is 0 Å². The van der Waals surface area contributed by atoms with Gasteiger partial charge in [-0.05, 0) is 26.0 Å². The number of aryl methyl sites for hydroxylation is 1. The zero-order chi connectivity index (χ0) is 14.2. The molecule has 0 unspecified atom stereocenters. The van der Waals surface area contributed by atoms with Gasteiger partial charge < -0.3 is 5.32 Å². The highest BCUT2D eigenvalue weighted by molar-refractivity contribution is 6.30. The lowest BCUT2D eigenvalue weighted by Crippen LogP contribution is -2.15. The standard InChI is InChI=1S/C12H10ClF2N3O/c1-5-6(2)17-18-11(5)16-12(19)7-3-10(15)8(13)4-9(7)14/h3-4H,1-2H3,(H2,16,17,18,19). The molecule has 1 aromatic carbocycles. The van der Waals surface area contributed by atoms with Gasteiger partial charge in [-0.25, -0.2) is 8.78 Å². The number of anilines is 1. The molecule has 0 bridgehead atoms. The molecule has 0 fully saturated rings. The summed E-state index contributed by atoms with van der Waals surface area (Å²) >= 11 is 5.42. The SMILES string of the molecule is Cc1[nH]nc(NC(=O)c2cc(F)c(Cl)cc2F)c1C. The number of benzene rings is 1. The third-order valence-electron chi connectivity index (χ3n) is 2.74. The molecule has 0 spiro atoms. The number of carbonyl (C=O) groups excluding carboxylic acids is 1. The number of hydrogen-bond acceptors (Lipinski definition) is 2. The minimum Gasteiger partial charge on any atom is -0.305 e. The number of halogens is 3. The number of nitrogens with zero attached hydrogens (tertiary/aromatic N) is 1. The van der Waals surface area contributed by atoms with Gasteiger partial charge in [0, 0.05) is 11.3 Å². The fourth-order valence-corrected chi connectivity index (χ4v) is 1.63. The number of amides is 1. The van der Waals surface area contributed by atoms with E-state index in [1.54, 1.807) is 13.8 Å². The maximum Gasteiger partial charge on any atom is 0.259 e. The Labute approximate surface area is 112 Å². The number of rotatable bonds is 2. The first-order chi connectivity index (χ1) is 8.90. The molecule has 0 aliphatic heterocycles. The minimum atomic E-state index is -0.895. The predicted molar refractivity (Wildman–Crippen MR) is 67.4 cm³/mol. The summed E-state index contributed by atoms with van der Waals surface area (Å²) in [7, 11) is 0. The van der Waals surface area contributed by atoms with Crippen LogP contribution in [0.5, 0.6) is 0 Å². The Morgan fingerprint density at radius 2 is 2.00 bits per heavy atom. The third kappa shape index (κ3) is 2.58. The molecule has 4 nitrogen and oxygen atoms in total. The molecule has 0 saturated heterocycles. The monoisotopic (exact) mass is 285 g/mol. The second-order valence-corrected chi connectivity index (χ2v) is 4.43. The second kappa shape index (κ2) is 4.97. The lowest BCUT2D eigenvalue weighted by Gasteiger charge is -2.05. The number of aromatic amines is 1. The lowest BCUT2D eigenvalue weighted by molar-refractivity contribution is 0.102. The maximum absolute atomic E-state index is 13.5. The second-order valence-electron chi connectivity index (χ2n) is 4.02. The Hall–Kier alpha value is -1.95. The molecule has 0 atom stereocenters. The highest BCUT2D eigenvalue weighted by Crippen LogP contribution is 2.21. The third-order valence-corrected chi connectivity index (χ3v) is 3.03. The van der Waals surface area contributed by atoms with Crippen molar-refractivity contribution in [2.75, 3.05) is 5.32 Å². The van der Waals surface area contributed by atoms with Crippen molar-refractivity contribution in [3.63, 3.8) is 0 Å². The van der Waals surface area contributed by atoms with E-state index in [1.165, 1.54) is 0 Å². The van der Waals surface area contributed by atoms with Crippen LogP contribution in [-0.2, 0) is 0 Å². The summed E-state index contributed by atoms with van der Waals surface area (Å²) in [4.78, 5) is 11.8. The van der Waals surface area contributed by atoms with Crippen molar-refractivity contribution in [3.05, 3.63) is 45.6 Å². The Balaban J connectivity index is 2.30. The highest BCUT2D eigenvalue weighted by Gasteiger charge is 2.17. The Kier molecular flexibility index (Phi) is 3.53. The average molecular weight is 286 g/mol. The van der Waals surface area contributed by atoms with Crippen LogP contribution in [-0.4, -0.2) is 16.1 Å². The van der Waals surface area contributed by atoms with E-state index < -0.39 is 23.1 Å². The lowest BCUT2D eigenvalue weighted by atomic mass is 10.2. The Morgan fingerprint density at radius 3 is 2.58 bits per heavy atom. The zero-order valence-corrected chi connectivity index (χ0v) is 10.9. The van der Waals surface area contributed by atoms with Crippen LogP contribution in [0, 0.1) is 25.5 Å². The van der Waals surface area contributed by atoms with E-state index >= 15 is 0 Å². The summed E-state index contributed by atoms with van der Waals surface area (Å²) in [6, 6.07) is 1.51. The molecule has 2 N–H and O–H groups in total. The van der Waals surface area contributed by atoms with E-state index in [2.05, 4.69) is 15.5 Å². The molecule has 1 aromatic heterocycles. The van der Waals surface area contributed by atoms with Crippen LogP contribution >= 0.6 is 11.6 Å². The summed E-state index contributed by atoms with van der Waals surface area (Å²) in [6.07, 6.45) is 0. The molecule has 100 valence electrons. The summed E-state index contributed by atoms with van der Waals surface area (Å²) in [5, 5.41) is 8.56. The number of H-pyrrole nitrogens is 1. The van der Waals surface area contributed by atoms with Gasteiger partial charge in [-0.3, -0.25) is 9.89 Å². The van der Waals surface area contributed by atoms with Crippen LogP contribution in [0.15, 0.2) is 12.1 Å². The average Bonchev–Trinajstić information content (AvgIpc) is 2.65. The number of nitrogens with one attached hydrogen (secondary N) is 2. The van der Waals surface area contributed by atoms with Crippen molar-refractivity contribution in [3.8, 4) is 0 Å². The van der Waals surface area contributed by atoms with E-state index in [-0.39, 0.29) is 10.8 Å². The van der Waals surface area contributed by atoms with Crippen molar-refractivity contribution in [1.82, 2.24) is 10.2 Å². The normalized spacial score (nSPS) is 10.6. The van der Waals surface area contributed by atoms with Gasteiger partial charge >= 0.3 is 0 Å². The van der Waals surface area contributed by atoms with E-state index in [9.17, 15) is 13.6 Å². The van der Waals surface area contributed by atoms with E-state index in [0.29, 0.717) is 0 Å². The summed E-state index contributed by atoms with van der Waals surface area (Å²) < 4.78 is 26.8. The van der Waals surface area contributed by atoms with Crippen LogP contribution in [0.4, 0.5) is 14.6 Å². The fraction of sp³-hybridized carbons (Fsp3) is 0.167. The van der Waals surface area contributed by atoms with Gasteiger partial charge in [0.05, 0.1) is 10.6 Å². The number of carbonyl (C=O) groups is 1. The van der Waals surface area contributed by atoms with Crippen LogP contribution in [0.2, 0.25) is 5.02 Å².